The molecule has 134 valence electrons. The molecule has 2 aromatic carbocycles. The second-order valence-corrected chi connectivity index (χ2v) is 7.42. The molecule has 5 nitrogen and oxygen atoms in total. The molecule has 0 fully saturated rings. The number of hydrogen-bond acceptors (Lipinski definition) is 4. The van der Waals surface area contributed by atoms with E-state index in [0.29, 0.717) is 26.8 Å². The molecule has 7 heteroatoms. The Kier molecular flexibility index (Phi) is 5.64. The van der Waals surface area contributed by atoms with Gasteiger partial charge in [-0.1, -0.05) is 35.5 Å². The zero-order chi connectivity index (χ0) is 18.7. The molecular formula is C19H18ClN3O2S. The normalized spacial score (nSPS) is 11.1. The Morgan fingerprint density at radius 3 is 2.58 bits per heavy atom. The van der Waals surface area contributed by atoms with Gasteiger partial charge in [0.1, 0.15) is 0 Å². The molecule has 3 aromatic rings. The number of amides is 1. The van der Waals surface area contributed by atoms with E-state index in [1.54, 1.807) is 42.5 Å². The highest BCUT2D eigenvalue weighted by molar-refractivity contribution is 7.99. The van der Waals surface area contributed by atoms with Gasteiger partial charge in [0.05, 0.1) is 22.3 Å². The highest BCUT2D eigenvalue weighted by atomic mass is 35.5. The zero-order valence-electron chi connectivity index (χ0n) is 14.4. The van der Waals surface area contributed by atoms with Gasteiger partial charge in [0.25, 0.3) is 5.56 Å². The van der Waals surface area contributed by atoms with E-state index in [9.17, 15) is 9.59 Å². The maximum Gasteiger partial charge on any atom is 0.266 e. The minimum absolute atomic E-state index is 0.0612. The van der Waals surface area contributed by atoms with Gasteiger partial charge in [-0.25, -0.2) is 4.98 Å². The third kappa shape index (κ3) is 4.08. The third-order valence-electron chi connectivity index (χ3n) is 3.61. The molecule has 0 radical (unpaired) electrons. The summed E-state index contributed by atoms with van der Waals surface area (Å²) < 4.78 is 1.52. The predicted octanol–water partition coefficient (Wildman–Crippen LogP) is 3.66. The van der Waals surface area contributed by atoms with E-state index in [1.807, 2.05) is 19.9 Å². The van der Waals surface area contributed by atoms with Crippen molar-refractivity contribution in [3.63, 3.8) is 0 Å². The first-order valence-electron chi connectivity index (χ1n) is 8.15. The van der Waals surface area contributed by atoms with Crippen molar-refractivity contribution < 1.29 is 4.79 Å². The Morgan fingerprint density at radius 1 is 1.19 bits per heavy atom. The van der Waals surface area contributed by atoms with E-state index in [1.165, 1.54) is 16.3 Å². The lowest BCUT2D eigenvalue weighted by Gasteiger charge is -2.14. The number of thioether (sulfide) groups is 1. The van der Waals surface area contributed by atoms with Crippen molar-refractivity contribution in [3.05, 3.63) is 63.9 Å². The van der Waals surface area contributed by atoms with Gasteiger partial charge < -0.3 is 5.32 Å². The van der Waals surface area contributed by atoms with Crippen LogP contribution in [0.15, 0.2) is 58.5 Å². The molecule has 0 aliphatic heterocycles. The standard InChI is InChI=1S/C19H18ClN3O2S/c1-12(2)21-17(24)11-26-19-22-16-6-4-3-5-15(16)18(25)23(19)14-9-7-13(20)8-10-14/h3-10,12H,11H2,1-2H3,(H,21,24). The van der Waals surface area contributed by atoms with E-state index in [0.717, 1.165) is 0 Å². The zero-order valence-corrected chi connectivity index (χ0v) is 16.0. The van der Waals surface area contributed by atoms with Crippen LogP contribution < -0.4 is 10.9 Å². The first-order chi connectivity index (χ1) is 12.5. The molecule has 1 N–H and O–H groups in total. The monoisotopic (exact) mass is 387 g/mol. The van der Waals surface area contributed by atoms with Crippen molar-refractivity contribution in [2.24, 2.45) is 0 Å². The van der Waals surface area contributed by atoms with E-state index < -0.39 is 0 Å². The number of benzene rings is 2. The van der Waals surface area contributed by atoms with Crippen LogP contribution in [-0.4, -0.2) is 27.3 Å². The minimum atomic E-state index is -0.176. The molecule has 0 aliphatic rings. The van der Waals surface area contributed by atoms with Gasteiger partial charge in [-0.3, -0.25) is 14.2 Å². The molecule has 1 amide bonds. The molecule has 26 heavy (non-hydrogen) atoms. The first-order valence-corrected chi connectivity index (χ1v) is 9.52. The van der Waals surface area contributed by atoms with Gasteiger partial charge in [-0.15, -0.1) is 0 Å². The summed E-state index contributed by atoms with van der Waals surface area (Å²) in [7, 11) is 0. The Bertz CT molecular complexity index is 1000. The number of aromatic nitrogens is 2. The predicted molar refractivity (Wildman–Crippen MR) is 106 cm³/mol. The number of para-hydroxylation sites is 1. The fraction of sp³-hybridized carbons (Fsp3) is 0.211. The van der Waals surface area contributed by atoms with Gasteiger partial charge >= 0.3 is 0 Å². The Morgan fingerprint density at radius 2 is 1.88 bits per heavy atom. The van der Waals surface area contributed by atoms with E-state index in [2.05, 4.69) is 10.3 Å². The molecule has 0 unspecified atom stereocenters. The number of rotatable bonds is 5. The SMILES string of the molecule is CC(C)NC(=O)CSc1nc2ccccc2c(=O)n1-c1ccc(Cl)cc1. The average Bonchev–Trinajstić information content (AvgIpc) is 2.61. The van der Waals surface area contributed by atoms with Crippen molar-refractivity contribution in [3.8, 4) is 5.69 Å². The maximum absolute atomic E-state index is 13.0. The summed E-state index contributed by atoms with van der Waals surface area (Å²) in [6.07, 6.45) is 0. The number of carbonyl (C=O) groups excluding carboxylic acids is 1. The number of carbonyl (C=O) groups is 1. The quantitative estimate of drug-likeness (QED) is 0.536. The fourth-order valence-electron chi connectivity index (χ4n) is 2.52. The third-order valence-corrected chi connectivity index (χ3v) is 4.80. The van der Waals surface area contributed by atoms with Crippen LogP contribution in [0.1, 0.15) is 13.8 Å². The number of nitrogens with one attached hydrogen (secondary N) is 1. The van der Waals surface area contributed by atoms with Crippen molar-refractivity contribution >= 4 is 40.2 Å². The minimum Gasteiger partial charge on any atom is -0.353 e. The summed E-state index contributed by atoms with van der Waals surface area (Å²) in [6, 6.07) is 14.2. The van der Waals surface area contributed by atoms with Crippen LogP contribution in [0.2, 0.25) is 5.02 Å². The van der Waals surface area contributed by atoms with E-state index >= 15 is 0 Å². The van der Waals surface area contributed by atoms with E-state index in [-0.39, 0.29) is 23.3 Å². The first kappa shape index (κ1) is 18.5. The molecule has 3 rings (SSSR count). The summed E-state index contributed by atoms with van der Waals surface area (Å²) in [6.45, 7) is 3.81. The number of halogens is 1. The lowest BCUT2D eigenvalue weighted by molar-refractivity contribution is -0.119. The number of fused-ring (bicyclic) bond motifs is 1. The Hall–Kier alpha value is -2.31. The molecule has 1 heterocycles. The smallest absolute Gasteiger partial charge is 0.266 e. The highest BCUT2D eigenvalue weighted by Crippen LogP contribution is 2.22. The summed E-state index contributed by atoms with van der Waals surface area (Å²) >= 11 is 7.20. The molecule has 0 aliphatic carbocycles. The lowest BCUT2D eigenvalue weighted by Crippen LogP contribution is -2.32. The van der Waals surface area contributed by atoms with Crippen molar-refractivity contribution in [1.29, 1.82) is 0 Å². The molecular weight excluding hydrogens is 370 g/mol. The molecule has 0 atom stereocenters. The fourth-order valence-corrected chi connectivity index (χ4v) is 3.47. The largest absolute Gasteiger partial charge is 0.353 e. The van der Waals surface area contributed by atoms with Gasteiger partial charge in [0.15, 0.2) is 5.16 Å². The van der Waals surface area contributed by atoms with Gasteiger partial charge in [0, 0.05) is 11.1 Å². The van der Waals surface area contributed by atoms with Crippen LogP contribution in [0.4, 0.5) is 0 Å². The summed E-state index contributed by atoms with van der Waals surface area (Å²) in [5.74, 6) is 0.0753. The second-order valence-electron chi connectivity index (χ2n) is 6.04. The van der Waals surface area contributed by atoms with Crippen LogP contribution >= 0.6 is 23.4 Å². The summed E-state index contributed by atoms with van der Waals surface area (Å²) in [5.41, 5.74) is 1.09. The van der Waals surface area contributed by atoms with Crippen LogP contribution in [0, 0.1) is 0 Å². The second kappa shape index (κ2) is 7.93. The number of nitrogens with zero attached hydrogens (tertiary/aromatic N) is 2. The lowest BCUT2D eigenvalue weighted by atomic mass is 10.2. The van der Waals surface area contributed by atoms with Crippen molar-refractivity contribution in [2.45, 2.75) is 25.0 Å². The Balaban J connectivity index is 2.07. The Labute approximate surface area is 160 Å². The molecule has 0 saturated heterocycles. The van der Waals surface area contributed by atoms with Gasteiger partial charge in [-0.2, -0.15) is 0 Å². The topological polar surface area (TPSA) is 64.0 Å². The van der Waals surface area contributed by atoms with Crippen molar-refractivity contribution in [1.82, 2.24) is 14.9 Å². The van der Waals surface area contributed by atoms with Crippen LogP contribution in [-0.2, 0) is 4.79 Å². The molecule has 0 spiro atoms. The summed E-state index contributed by atoms with van der Waals surface area (Å²) in [5, 5.41) is 4.42. The molecule has 0 saturated carbocycles. The average molecular weight is 388 g/mol. The van der Waals surface area contributed by atoms with Crippen LogP contribution in [0.5, 0.6) is 0 Å². The van der Waals surface area contributed by atoms with Crippen LogP contribution in [0.25, 0.3) is 16.6 Å². The van der Waals surface area contributed by atoms with Gasteiger partial charge in [0.2, 0.25) is 5.91 Å². The van der Waals surface area contributed by atoms with Crippen LogP contribution in [0.3, 0.4) is 0 Å². The summed E-state index contributed by atoms with van der Waals surface area (Å²) in [4.78, 5) is 29.6. The van der Waals surface area contributed by atoms with Gasteiger partial charge in [-0.05, 0) is 50.2 Å². The van der Waals surface area contributed by atoms with E-state index in [4.69, 9.17) is 11.6 Å². The number of hydrogen-bond donors (Lipinski definition) is 1. The maximum atomic E-state index is 13.0. The van der Waals surface area contributed by atoms with Crippen molar-refractivity contribution in [2.75, 3.05) is 5.75 Å². The highest BCUT2D eigenvalue weighted by Gasteiger charge is 2.15. The molecule has 0 bridgehead atoms. The molecule has 1 aromatic heterocycles.